The monoisotopic (exact) mass is 242 g/mol. The van der Waals surface area contributed by atoms with Crippen molar-refractivity contribution in [3.8, 4) is 0 Å². The van der Waals surface area contributed by atoms with E-state index in [1.54, 1.807) is 0 Å². The normalized spacial score (nSPS) is 12.2. The summed E-state index contributed by atoms with van der Waals surface area (Å²) in [6.45, 7) is 0. The molecule has 10 heavy (non-hydrogen) atoms. The van der Waals surface area contributed by atoms with Gasteiger partial charge in [-0.15, -0.1) is 3.63 Å². The van der Waals surface area contributed by atoms with Crippen LogP contribution in [0.2, 0.25) is 0 Å². The predicted molar refractivity (Wildman–Crippen MR) is 24.2 cm³/mol. The van der Waals surface area contributed by atoms with Crippen LogP contribution in [0.1, 0.15) is 0 Å². The Bertz CT molecular complexity index is 237. The third-order valence-electron chi connectivity index (χ3n) is 0.172. The maximum atomic E-state index is 9.44. The molecule has 0 aliphatic rings. The van der Waals surface area contributed by atoms with Crippen molar-refractivity contribution in [2.24, 2.45) is 0 Å². The standard InChI is InChI=1S/H2O7S2.Zn/c1-8(2,3)7-9(4,5)6;/h(H,1,2,3)(H,4,5,6);. The molecule has 0 saturated carbocycles. The Morgan fingerprint density at radius 2 is 1.10 bits per heavy atom. The van der Waals surface area contributed by atoms with Gasteiger partial charge >= 0.3 is 20.8 Å². The first kappa shape index (κ1) is 13.0. The van der Waals surface area contributed by atoms with Crippen LogP contribution in [-0.2, 0) is 43.9 Å². The first-order valence-electron chi connectivity index (χ1n) is 1.37. The summed E-state index contributed by atoms with van der Waals surface area (Å²) in [6.07, 6.45) is 0. The van der Waals surface area contributed by atoms with E-state index in [4.69, 9.17) is 9.11 Å². The van der Waals surface area contributed by atoms with E-state index < -0.39 is 20.8 Å². The van der Waals surface area contributed by atoms with Gasteiger partial charge in [0.15, 0.2) is 0 Å². The molecule has 10 heteroatoms. The molecule has 7 nitrogen and oxygen atoms in total. The molecule has 0 atom stereocenters. The van der Waals surface area contributed by atoms with Gasteiger partial charge < -0.3 is 0 Å². The van der Waals surface area contributed by atoms with E-state index in [0.717, 1.165) is 0 Å². The zero-order valence-corrected chi connectivity index (χ0v) is 9.06. The number of rotatable bonds is 2. The number of hydrogen-bond acceptors (Lipinski definition) is 5. The Balaban J connectivity index is 0. The zero-order chi connectivity index (χ0) is 7.71. The van der Waals surface area contributed by atoms with Crippen molar-refractivity contribution in [3.05, 3.63) is 0 Å². The second kappa shape index (κ2) is 3.70. The minimum Gasteiger partial charge on any atom is -0.263 e. The van der Waals surface area contributed by atoms with Gasteiger partial charge in [-0.3, -0.25) is 9.11 Å². The van der Waals surface area contributed by atoms with Crippen LogP contribution in [0, 0.1) is 0 Å². The predicted octanol–water partition coefficient (Wildman–Crippen LogP) is -1.39. The van der Waals surface area contributed by atoms with Crippen molar-refractivity contribution in [3.63, 3.8) is 0 Å². The fraction of sp³-hybridized carbons (Fsp3) is 0. The average molecular weight is 244 g/mol. The molecular formula is H2O7S2Zn. The van der Waals surface area contributed by atoms with E-state index in [-0.39, 0.29) is 19.5 Å². The second-order valence-electron chi connectivity index (χ2n) is 0.924. The van der Waals surface area contributed by atoms with E-state index in [1.165, 1.54) is 0 Å². The Kier molecular flexibility index (Phi) is 4.82. The Morgan fingerprint density at radius 1 is 0.900 bits per heavy atom. The fourth-order valence-electron chi connectivity index (χ4n) is 0.109. The molecule has 0 aliphatic carbocycles. The van der Waals surface area contributed by atoms with Crippen molar-refractivity contribution in [1.82, 2.24) is 0 Å². The minimum absolute atomic E-state index is 0. The molecule has 0 amide bonds. The van der Waals surface area contributed by atoms with Crippen LogP contribution >= 0.6 is 0 Å². The van der Waals surface area contributed by atoms with Gasteiger partial charge in [0, 0.05) is 19.5 Å². The van der Waals surface area contributed by atoms with Gasteiger partial charge in [-0.25, -0.2) is 0 Å². The molecule has 0 aromatic rings. The molecule has 0 radical (unpaired) electrons. The van der Waals surface area contributed by atoms with Crippen LogP contribution in [0.4, 0.5) is 0 Å². The second-order valence-corrected chi connectivity index (χ2v) is 3.18. The molecule has 0 unspecified atom stereocenters. The molecule has 2 N–H and O–H groups in total. The Labute approximate surface area is 70.0 Å². The third kappa shape index (κ3) is 11.2. The maximum Gasteiger partial charge on any atom is 0.413 e. The molecule has 0 saturated heterocycles. The van der Waals surface area contributed by atoms with Crippen LogP contribution in [0.15, 0.2) is 0 Å². The quantitative estimate of drug-likeness (QED) is 0.452. The zero-order valence-electron chi connectivity index (χ0n) is 4.46. The molecule has 0 aliphatic heterocycles. The largest absolute Gasteiger partial charge is 0.413 e. The molecule has 0 aromatic carbocycles. The Hall–Kier alpha value is 0.403. The molecule has 0 fully saturated rings. The summed E-state index contributed by atoms with van der Waals surface area (Å²) >= 11 is 0. The first-order valence-corrected chi connectivity index (χ1v) is 4.10. The topological polar surface area (TPSA) is 118 Å². The molecule has 0 bridgehead atoms. The fourth-order valence-corrected chi connectivity index (χ4v) is 0.978. The van der Waals surface area contributed by atoms with E-state index >= 15 is 0 Å². The number of hydrogen-bond donors (Lipinski definition) is 2. The molecule has 0 aromatic heterocycles. The first-order chi connectivity index (χ1) is 3.71. The average Bonchev–Trinajstić information content (AvgIpc) is 1.14. The van der Waals surface area contributed by atoms with Crippen LogP contribution in [0.5, 0.6) is 0 Å². The van der Waals surface area contributed by atoms with E-state index in [1.807, 2.05) is 0 Å². The van der Waals surface area contributed by atoms with Crippen molar-refractivity contribution in [2.75, 3.05) is 0 Å². The van der Waals surface area contributed by atoms with Crippen molar-refractivity contribution in [1.29, 1.82) is 0 Å². The van der Waals surface area contributed by atoms with Crippen LogP contribution in [-0.4, -0.2) is 25.9 Å². The summed E-state index contributed by atoms with van der Waals surface area (Å²) in [5, 5.41) is 0. The van der Waals surface area contributed by atoms with Gasteiger partial charge in [0.25, 0.3) is 0 Å². The van der Waals surface area contributed by atoms with E-state index in [9.17, 15) is 16.8 Å². The van der Waals surface area contributed by atoms with Crippen LogP contribution < -0.4 is 0 Å². The van der Waals surface area contributed by atoms with Gasteiger partial charge in [0.05, 0.1) is 0 Å². The summed E-state index contributed by atoms with van der Waals surface area (Å²) in [5.41, 5.74) is 0. The van der Waals surface area contributed by atoms with Crippen molar-refractivity contribution in [2.45, 2.75) is 0 Å². The Morgan fingerprint density at radius 3 is 1.10 bits per heavy atom. The van der Waals surface area contributed by atoms with Gasteiger partial charge in [-0.05, 0) is 0 Å². The van der Waals surface area contributed by atoms with Crippen molar-refractivity contribution >= 4 is 20.8 Å². The minimum atomic E-state index is -5.12. The van der Waals surface area contributed by atoms with Gasteiger partial charge in [-0.1, -0.05) is 0 Å². The summed E-state index contributed by atoms with van der Waals surface area (Å²) in [4.78, 5) is 0. The molecule has 58 valence electrons. The van der Waals surface area contributed by atoms with Crippen LogP contribution in [0.3, 0.4) is 0 Å². The third-order valence-corrected chi connectivity index (χ3v) is 1.55. The molecular weight excluding hydrogens is 242 g/mol. The van der Waals surface area contributed by atoms with Crippen LogP contribution in [0.25, 0.3) is 0 Å². The summed E-state index contributed by atoms with van der Waals surface area (Å²) in [5.74, 6) is 0. The van der Waals surface area contributed by atoms with Crippen molar-refractivity contribution < 1.29 is 49.0 Å². The summed E-state index contributed by atoms with van der Waals surface area (Å²) < 4.78 is 55.6. The van der Waals surface area contributed by atoms with Gasteiger partial charge in [0.1, 0.15) is 0 Å². The van der Waals surface area contributed by atoms with Gasteiger partial charge in [-0.2, -0.15) is 16.8 Å². The smallest absolute Gasteiger partial charge is 0.263 e. The molecule has 0 spiro atoms. The van der Waals surface area contributed by atoms with Gasteiger partial charge in [0.2, 0.25) is 0 Å². The van der Waals surface area contributed by atoms with E-state index in [2.05, 4.69) is 3.63 Å². The molecule has 0 heterocycles. The maximum absolute atomic E-state index is 9.44. The summed E-state index contributed by atoms with van der Waals surface area (Å²) in [6, 6.07) is 0. The van der Waals surface area contributed by atoms with E-state index in [0.29, 0.717) is 0 Å². The SMILES string of the molecule is O=S(=O)(O)OS(=O)(=O)O.[Zn]. The summed E-state index contributed by atoms with van der Waals surface area (Å²) in [7, 11) is -10.2. The molecule has 0 rings (SSSR count).